The monoisotopic (exact) mass is 280 g/mol. The molecule has 2 aliphatic rings. The molecule has 1 N–H and O–H groups in total. The van der Waals surface area contributed by atoms with Crippen LogP contribution in [0.2, 0.25) is 0 Å². The third-order valence-electron chi connectivity index (χ3n) is 4.56. The minimum atomic E-state index is 0.0906. The number of carbonyl (C=O) groups is 2. The van der Waals surface area contributed by atoms with Crippen molar-refractivity contribution in [3.63, 3.8) is 0 Å². The van der Waals surface area contributed by atoms with Gasteiger partial charge < -0.3 is 10.2 Å². The second-order valence-corrected chi connectivity index (χ2v) is 6.60. The number of hydrogen-bond acceptors (Lipinski definition) is 2. The summed E-state index contributed by atoms with van der Waals surface area (Å²) in [6, 6.07) is 0.199. The average Bonchev–Trinajstić information content (AvgIpc) is 2.47. The lowest BCUT2D eigenvalue weighted by molar-refractivity contribution is -0.140. The molecule has 2 rings (SSSR count). The predicted octanol–water partition coefficient (Wildman–Crippen LogP) is 2.33. The van der Waals surface area contributed by atoms with E-state index in [2.05, 4.69) is 5.32 Å². The third kappa shape index (κ3) is 3.97. The molecule has 4 heteroatoms. The van der Waals surface area contributed by atoms with Crippen molar-refractivity contribution in [3.05, 3.63) is 0 Å². The molecule has 2 fully saturated rings. The fourth-order valence-corrected chi connectivity index (χ4v) is 3.37. The van der Waals surface area contributed by atoms with Crippen molar-refractivity contribution < 1.29 is 9.59 Å². The van der Waals surface area contributed by atoms with Crippen LogP contribution in [-0.2, 0) is 9.59 Å². The van der Waals surface area contributed by atoms with Gasteiger partial charge in [-0.3, -0.25) is 9.59 Å². The van der Waals surface area contributed by atoms with Gasteiger partial charge in [-0.2, -0.15) is 0 Å². The molecule has 1 saturated carbocycles. The van der Waals surface area contributed by atoms with Crippen LogP contribution in [0, 0.1) is 11.8 Å². The molecule has 0 atom stereocenters. The Morgan fingerprint density at radius 3 is 2.10 bits per heavy atom. The van der Waals surface area contributed by atoms with Crippen LogP contribution >= 0.6 is 0 Å². The summed E-state index contributed by atoms with van der Waals surface area (Å²) < 4.78 is 0. The van der Waals surface area contributed by atoms with Crippen molar-refractivity contribution in [1.29, 1.82) is 0 Å². The highest BCUT2D eigenvalue weighted by atomic mass is 16.2. The number of carbonyl (C=O) groups excluding carboxylic acids is 2. The third-order valence-corrected chi connectivity index (χ3v) is 4.56. The van der Waals surface area contributed by atoms with E-state index in [9.17, 15) is 9.59 Å². The SMILES string of the molecule is CC(C)NC(=O)C1CCN(C(=O)C2CCCCC2)CC1. The van der Waals surface area contributed by atoms with Crippen LogP contribution in [0.15, 0.2) is 0 Å². The van der Waals surface area contributed by atoms with E-state index in [4.69, 9.17) is 0 Å². The Bertz CT molecular complexity index is 340. The Balaban J connectivity index is 1.78. The molecular formula is C16H28N2O2. The van der Waals surface area contributed by atoms with Crippen LogP contribution < -0.4 is 5.32 Å². The summed E-state index contributed by atoms with van der Waals surface area (Å²) in [5, 5.41) is 2.98. The number of nitrogens with one attached hydrogen (secondary N) is 1. The highest BCUT2D eigenvalue weighted by Crippen LogP contribution is 2.27. The number of likely N-dealkylation sites (tertiary alicyclic amines) is 1. The molecule has 0 radical (unpaired) electrons. The topological polar surface area (TPSA) is 49.4 Å². The highest BCUT2D eigenvalue weighted by Gasteiger charge is 2.31. The second-order valence-electron chi connectivity index (χ2n) is 6.60. The summed E-state index contributed by atoms with van der Waals surface area (Å²) in [7, 11) is 0. The minimum Gasteiger partial charge on any atom is -0.354 e. The van der Waals surface area contributed by atoms with Gasteiger partial charge >= 0.3 is 0 Å². The summed E-state index contributed by atoms with van der Waals surface area (Å²) >= 11 is 0. The standard InChI is InChI=1S/C16H28N2O2/c1-12(2)17-15(19)13-8-10-18(11-9-13)16(20)14-6-4-3-5-7-14/h12-14H,3-11H2,1-2H3,(H,17,19). The largest absolute Gasteiger partial charge is 0.354 e. The first-order valence-corrected chi connectivity index (χ1v) is 8.17. The molecule has 1 aliphatic heterocycles. The predicted molar refractivity (Wildman–Crippen MR) is 79.2 cm³/mol. The molecule has 0 aromatic heterocycles. The van der Waals surface area contributed by atoms with Crippen molar-refractivity contribution in [2.75, 3.05) is 13.1 Å². The molecule has 1 heterocycles. The normalized spacial score (nSPS) is 22.1. The summed E-state index contributed by atoms with van der Waals surface area (Å²) in [4.78, 5) is 26.4. The Kier molecular flexibility index (Phi) is 5.44. The van der Waals surface area contributed by atoms with E-state index < -0.39 is 0 Å². The molecule has 1 aliphatic carbocycles. The molecule has 0 unspecified atom stereocenters. The van der Waals surface area contributed by atoms with Gasteiger partial charge in [0.05, 0.1) is 0 Å². The summed E-state index contributed by atoms with van der Waals surface area (Å²) in [5.41, 5.74) is 0. The van der Waals surface area contributed by atoms with Crippen molar-refractivity contribution in [1.82, 2.24) is 10.2 Å². The van der Waals surface area contributed by atoms with Crippen molar-refractivity contribution >= 4 is 11.8 Å². The number of piperidine rings is 1. The molecule has 20 heavy (non-hydrogen) atoms. The van der Waals surface area contributed by atoms with Gasteiger partial charge in [0.15, 0.2) is 0 Å². The van der Waals surface area contributed by atoms with E-state index >= 15 is 0 Å². The van der Waals surface area contributed by atoms with Crippen LogP contribution in [0.4, 0.5) is 0 Å². The highest BCUT2D eigenvalue weighted by molar-refractivity contribution is 5.81. The first kappa shape index (κ1) is 15.3. The average molecular weight is 280 g/mol. The smallest absolute Gasteiger partial charge is 0.225 e. The number of nitrogens with zero attached hydrogens (tertiary/aromatic N) is 1. The summed E-state index contributed by atoms with van der Waals surface area (Å²) in [6.45, 7) is 5.48. The number of amides is 2. The molecule has 0 spiro atoms. The van der Waals surface area contributed by atoms with Crippen LogP contribution in [0.1, 0.15) is 58.8 Å². The Morgan fingerprint density at radius 1 is 0.950 bits per heavy atom. The van der Waals surface area contributed by atoms with Gasteiger partial charge in [0.2, 0.25) is 11.8 Å². The van der Waals surface area contributed by atoms with E-state index in [1.54, 1.807) is 0 Å². The Labute approximate surface area is 122 Å². The Morgan fingerprint density at radius 2 is 1.55 bits per heavy atom. The molecule has 1 saturated heterocycles. The maximum absolute atomic E-state index is 12.4. The van der Waals surface area contributed by atoms with Gasteiger partial charge in [-0.05, 0) is 39.5 Å². The lowest BCUT2D eigenvalue weighted by Crippen LogP contribution is -2.46. The Hall–Kier alpha value is -1.06. The fraction of sp³-hybridized carbons (Fsp3) is 0.875. The molecule has 0 aromatic carbocycles. The second kappa shape index (κ2) is 7.09. The van der Waals surface area contributed by atoms with E-state index in [0.717, 1.165) is 38.8 Å². The summed E-state index contributed by atoms with van der Waals surface area (Å²) in [5.74, 6) is 0.842. The maximum atomic E-state index is 12.4. The van der Waals surface area contributed by atoms with Crippen molar-refractivity contribution in [2.24, 2.45) is 11.8 Å². The molecule has 114 valence electrons. The first-order valence-electron chi connectivity index (χ1n) is 8.17. The van der Waals surface area contributed by atoms with Gasteiger partial charge in [-0.1, -0.05) is 19.3 Å². The zero-order valence-electron chi connectivity index (χ0n) is 12.9. The number of hydrogen-bond donors (Lipinski definition) is 1. The van der Waals surface area contributed by atoms with E-state index in [1.165, 1.54) is 19.3 Å². The lowest BCUT2D eigenvalue weighted by atomic mass is 9.87. The van der Waals surface area contributed by atoms with E-state index in [0.29, 0.717) is 5.91 Å². The van der Waals surface area contributed by atoms with Gasteiger partial charge in [-0.15, -0.1) is 0 Å². The maximum Gasteiger partial charge on any atom is 0.225 e. The lowest BCUT2D eigenvalue weighted by Gasteiger charge is -2.35. The van der Waals surface area contributed by atoms with Gasteiger partial charge in [0.25, 0.3) is 0 Å². The van der Waals surface area contributed by atoms with Gasteiger partial charge in [0.1, 0.15) is 0 Å². The van der Waals surface area contributed by atoms with Gasteiger partial charge in [0, 0.05) is 31.0 Å². The minimum absolute atomic E-state index is 0.0906. The molecule has 2 amide bonds. The van der Waals surface area contributed by atoms with Crippen LogP contribution in [0.5, 0.6) is 0 Å². The summed E-state index contributed by atoms with van der Waals surface area (Å²) in [6.07, 6.45) is 7.43. The molecule has 4 nitrogen and oxygen atoms in total. The number of rotatable bonds is 3. The zero-order chi connectivity index (χ0) is 14.5. The van der Waals surface area contributed by atoms with Crippen LogP contribution in [-0.4, -0.2) is 35.8 Å². The molecular weight excluding hydrogens is 252 g/mol. The molecule has 0 bridgehead atoms. The zero-order valence-corrected chi connectivity index (χ0v) is 12.9. The first-order chi connectivity index (χ1) is 9.58. The van der Waals surface area contributed by atoms with Crippen molar-refractivity contribution in [3.8, 4) is 0 Å². The fourth-order valence-electron chi connectivity index (χ4n) is 3.37. The van der Waals surface area contributed by atoms with Gasteiger partial charge in [-0.25, -0.2) is 0 Å². The van der Waals surface area contributed by atoms with E-state index in [1.807, 2.05) is 18.7 Å². The quantitative estimate of drug-likeness (QED) is 0.862. The van der Waals surface area contributed by atoms with Crippen molar-refractivity contribution in [2.45, 2.75) is 64.8 Å². The molecule has 0 aromatic rings. The van der Waals surface area contributed by atoms with E-state index in [-0.39, 0.29) is 23.8 Å². The van der Waals surface area contributed by atoms with Crippen LogP contribution in [0.25, 0.3) is 0 Å². The van der Waals surface area contributed by atoms with Crippen LogP contribution in [0.3, 0.4) is 0 Å².